The third kappa shape index (κ3) is 5.40. The second-order valence-corrected chi connectivity index (χ2v) is 6.54. The summed E-state index contributed by atoms with van der Waals surface area (Å²) in [4.78, 5) is 8.54. The predicted molar refractivity (Wildman–Crippen MR) is 116 cm³/mol. The van der Waals surface area contributed by atoms with Crippen molar-refractivity contribution < 1.29 is 14.2 Å². The molecule has 0 N–H and O–H groups in total. The summed E-state index contributed by atoms with van der Waals surface area (Å²) in [6.07, 6.45) is 0. The van der Waals surface area contributed by atoms with E-state index < -0.39 is 0 Å². The Labute approximate surface area is 189 Å². The number of benzene rings is 3. The van der Waals surface area contributed by atoms with E-state index in [1.807, 2.05) is 18.2 Å². The van der Waals surface area contributed by atoms with E-state index in [2.05, 4.69) is 9.97 Å². The molecular weight excluding hydrogens is 418 g/mol. The summed E-state index contributed by atoms with van der Waals surface area (Å²) in [5, 5.41) is 26.9. The molecule has 0 atom stereocenters. The van der Waals surface area contributed by atoms with Crippen molar-refractivity contribution >= 4 is 0 Å². The number of hydrogen-bond acceptors (Lipinski definition) is 8. The van der Waals surface area contributed by atoms with Crippen LogP contribution in [0.15, 0.2) is 78.9 Å². The van der Waals surface area contributed by atoms with E-state index in [-0.39, 0.29) is 17.8 Å². The topological polar surface area (TPSA) is 125 Å². The van der Waals surface area contributed by atoms with Crippen LogP contribution in [0.25, 0.3) is 0 Å². The van der Waals surface area contributed by atoms with Gasteiger partial charge in [0.1, 0.15) is 17.2 Å². The van der Waals surface area contributed by atoms with Crippen LogP contribution in [0.2, 0.25) is 0 Å². The van der Waals surface area contributed by atoms with Gasteiger partial charge in [0, 0.05) is 0 Å². The molecule has 0 saturated heterocycles. The molecule has 0 aliphatic heterocycles. The van der Waals surface area contributed by atoms with Crippen LogP contribution >= 0.6 is 0 Å². The van der Waals surface area contributed by atoms with Crippen LogP contribution < -0.4 is 14.2 Å². The largest absolute Gasteiger partial charge is 0.439 e. The third-order valence-corrected chi connectivity index (χ3v) is 4.26. The molecule has 0 amide bonds. The average Bonchev–Trinajstić information content (AvgIpc) is 2.85. The molecular formula is C25H13N5O3. The van der Waals surface area contributed by atoms with Gasteiger partial charge in [-0.05, 0) is 72.8 Å². The molecule has 4 aromatic rings. The maximum Gasteiger partial charge on any atom is 0.328 e. The zero-order chi connectivity index (χ0) is 23.0. The first kappa shape index (κ1) is 20.9. The number of rotatable bonds is 6. The average molecular weight is 431 g/mol. The number of nitrogens with zero attached hydrogens (tertiary/aromatic N) is 5. The quantitative estimate of drug-likeness (QED) is 0.393. The summed E-state index contributed by atoms with van der Waals surface area (Å²) in [5.41, 5.74) is 1.49. The highest BCUT2D eigenvalue weighted by Gasteiger charge is 2.12. The zero-order valence-corrected chi connectivity index (χ0v) is 17.0. The first-order valence-corrected chi connectivity index (χ1v) is 9.58. The van der Waals surface area contributed by atoms with Gasteiger partial charge in [0.2, 0.25) is 11.8 Å². The van der Waals surface area contributed by atoms with Gasteiger partial charge in [-0.3, -0.25) is 0 Å². The van der Waals surface area contributed by atoms with Gasteiger partial charge < -0.3 is 14.2 Å². The third-order valence-electron chi connectivity index (χ3n) is 4.26. The first-order chi connectivity index (χ1) is 16.1. The number of ether oxygens (including phenoxy) is 3. The van der Waals surface area contributed by atoms with Crippen LogP contribution in [-0.2, 0) is 0 Å². The van der Waals surface area contributed by atoms with Crippen molar-refractivity contribution in [2.24, 2.45) is 0 Å². The Morgan fingerprint density at radius 2 is 0.818 bits per heavy atom. The van der Waals surface area contributed by atoms with E-state index >= 15 is 0 Å². The molecule has 0 saturated carbocycles. The first-order valence-electron chi connectivity index (χ1n) is 9.58. The highest BCUT2D eigenvalue weighted by Crippen LogP contribution is 2.30. The van der Waals surface area contributed by atoms with Crippen molar-refractivity contribution in [2.45, 2.75) is 0 Å². The standard InChI is InChI=1S/C25H13N5O3/c26-14-17-1-7-20(8-2-17)31-23-13-24(32-21-9-3-18(15-27)4-10-21)30-25(29-23)33-22-11-5-19(16-28)6-12-22/h1-13H. The van der Waals surface area contributed by atoms with Crippen molar-refractivity contribution in [2.75, 3.05) is 0 Å². The molecule has 1 aromatic heterocycles. The van der Waals surface area contributed by atoms with E-state index in [4.69, 9.17) is 30.0 Å². The SMILES string of the molecule is N#Cc1ccc(Oc2cc(Oc3ccc(C#N)cc3)nc(Oc3ccc(C#N)cc3)n2)cc1. The Morgan fingerprint density at radius 1 is 0.485 bits per heavy atom. The Bertz CT molecular complexity index is 1210. The van der Waals surface area contributed by atoms with Crippen molar-refractivity contribution in [3.8, 4) is 53.2 Å². The molecule has 0 spiro atoms. The Morgan fingerprint density at radius 3 is 1.15 bits per heavy atom. The lowest BCUT2D eigenvalue weighted by Crippen LogP contribution is -1.98. The van der Waals surface area contributed by atoms with Crippen LogP contribution in [0.4, 0.5) is 0 Å². The maximum atomic E-state index is 8.96. The fraction of sp³-hybridized carbons (Fsp3) is 0. The maximum absolute atomic E-state index is 8.96. The van der Waals surface area contributed by atoms with Gasteiger partial charge in [0.05, 0.1) is 41.0 Å². The summed E-state index contributed by atoms with van der Waals surface area (Å²) in [6, 6.07) is 27.1. The second-order valence-electron chi connectivity index (χ2n) is 6.54. The van der Waals surface area contributed by atoms with Crippen LogP contribution in [0.3, 0.4) is 0 Å². The predicted octanol–water partition coefficient (Wildman–Crippen LogP) is 5.47. The van der Waals surface area contributed by atoms with Crippen molar-refractivity contribution in [3.05, 3.63) is 95.6 Å². The summed E-state index contributed by atoms with van der Waals surface area (Å²) in [5.74, 6) is 1.65. The zero-order valence-electron chi connectivity index (χ0n) is 17.0. The molecule has 1 heterocycles. The van der Waals surface area contributed by atoms with Crippen molar-refractivity contribution in [1.29, 1.82) is 15.8 Å². The smallest absolute Gasteiger partial charge is 0.328 e. The molecule has 8 heteroatoms. The van der Waals surface area contributed by atoms with Crippen molar-refractivity contribution in [1.82, 2.24) is 9.97 Å². The van der Waals surface area contributed by atoms with Gasteiger partial charge in [-0.25, -0.2) is 0 Å². The number of hydrogen-bond donors (Lipinski definition) is 0. The lowest BCUT2D eigenvalue weighted by molar-refractivity contribution is 0.387. The minimum Gasteiger partial charge on any atom is -0.439 e. The van der Waals surface area contributed by atoms with E-state index in [0.717, 1.165) is 0 Å². The molecule has 0 unspecified atom stereocenters. The summed E-state index contributed by atoms with van der Waals surface area (Å²) in [7, 11) is 0. The summed E-state index contributed by atoms with van der Waals surface area (Å²) in [6.45, 7) is 0. The van der Waals surface area contributed by atoms with E-state index in [1.54, 1.807) is 72.8 Å². The Kier molecular flexibility index (Phi) is 6.08. The van der Waals surface area contributed by atoms with Gasteiger partial charge in [0.25, 0.3) is 0 Å². The van der Waals surface area contributed by atoms with E-state index in [9.17, 15) is 0 Å². The van der Waals surface area contributed by atoms with Crippen molar-refractivity contribution in [3.63, 3.8) is 0 Å². The Balaban J connectivity index is 1.63. The molecule has 0 bridgehead atoms. The second kappa shape index (κ2) is 9.61. The van der Waals surface area contributed by atoms with Gasteiger partial charge >= 0.3 is 6.01 Å². The van der Waals surface area contributed by atoms with Crippen LogP contribution in [0, 0.1) is 34.0 Å². The summed E-state index contributed by atoms with van der Waals surface area (Å²) < 4.78 is 17.3. The highest BCUT2D eigenvalue weighted by atomic mass is 16.5. The lowest BCUT2D eigenvalue weighted by Gasteiger charge is -2.11. The number of nitriles is 3. The molecule has 0 fully saturated rings. The molecule has 0 aliphatic rings. The molecule has 156 valence electrons. The van der Waals surface area contributed by atoms with Gasteiger partial charge in [-0.1, -0.05) is 0 Å². The minimum atomic E-state index is -0.0329. The van der Waals surface area contributed by atoms with E-state index in [0.29, 0.717) is 33.9 Å². The van der Waals surface area contributed by atoms with Gasteiger partial charge in [0.15, 0.2) is 0 Å². The molecule has 0 aliphatic carbocycles. The molecule has 33 heavy (non-hydrogen) atoms. The van der Waals surface area contributed by atoms with E-state index in [1.165, 1.54) is 6.07 Å². The molecule has 8 nitrogen and oxygen atoms in total. The fourth-order valence-electron chi connectivity index (χ4n) is 2.67. The van der Waals surface area contributed by atoms with Crippen LogP contribution in [-0.4, -0.2) is 9.97 Å². The Hall–Kier alpha value is -5.39. The van der Waals surface area contributed by atoms with Gasteiger partial charge in [-0.2, -0.15) is 25.8 Å². The fourth-order valence-corrected chi connectivity index (χ4v) is 2.67. The van der Waals surface area contributed by atoms with Crippen LogP contribution in [0.5, 0.6) is 35.0 Å². The molecule has 0 radical (unpaired) electrons. The minimum absolute atomic E-state index is 0.0329. The number of aromatic nitrogens is 2. The molecule has 3 aromatic carbocycles. The molecule has 4 rings (SSSR count). The van der Waals surface area contributed by atoms with Gasteiger partial charge in [-0.15, -0.1) is 0 Å². The normalized spacial score (nSPS) is 9.73. The summed E-state index contributed by atoms with van der Waals surface area (Å²) >= 11 is 0. The monoisotopic (exact) mass is 431 g/mol. The van der Waals surface area contributed by atoms with Crippen LogP contribution in [0.1, 0.15) is 16.7 Å². The lowest BCUT2D eigenvalue weighted by atomic mass is 10.2. The highest BCUT2D eigenvalue weighted by molar-refractivity contribution is 5.40.